The minimum Gasteiger partial charge on any atom is -0.456 e. The van der Waals surface area contributed by atoms with Gasteiger partial charge in [-0.05, 0) is 84.2 Å². The molecular formula is C47H29N3O2. The smallest absolute Gasteiger partial charge is 0.227 e. The van der Waals surface area contributed by atoms with Crippen molar-refractivity contribution in [3.8, 4) is 17.1 Å². The van der Waals surface area contributed by atoms with Crippen LogP contribution >= 0.6 is 0 Å². The largest absolute Gasteiger partial charge is 0.456 e. The van der Waals surface area contributed by atoms with Crippen LogP contribution in [0.4, 0.5) is 17.1 Å². The van der Waals surface area contributed by atoms with Gasteiger partial charge in [0.2, 0.25) is 5.89 Å². The van der Waals surface area contributed by atoms with E-state index < -0.39 is 0 Å². The van der Waals surface area contributed by atoms with Gasteiger partial charge in [-0.2, -0.15) is 0 Å². The van der Waals surface area contributed by atoms with E-state index >= 15 is 0 Å². The molecule has 0 aliphatic rings. The Labute approximate surface area is 298 Å². The van der Waals surface area contributed by atoms with Crippen LogP contribution < -0.4 is 4.90 Å². The Morgan fingerprint density at radius 1 is 0.462 bits per heavy atom. The van der Waals surface area contributed by atoms with Gasteiger partial charge in [-0.25, -0.2) is 4.98 Å². The molecular weight excluding hydrogens is 639 g/mol. The molecule has 0 spiro atoms. The van der Waals surface area contributed by atoms with Crippen LogP contribution in [0, 0.1) is 0 Å². The van der Waals surface area contributed by atoms with Crippen molar-refractivity contribution in [3.63, 3.8) is 0 Å². The third kappa shape index (κ3) is 4.33. The molecule has 0 saturated heterocycles. The molecule has 52 heavy (non-hydrogen) atoms. The second-order valence-corrected chi connectivity index (χ2v) is 13.2. The number of benzene rings is 8. The van der Waals surface area contributed by atoms with Gasteiger partial charge in [0.05, 0.1) is 16.7 Å². The van der Waals surface area contributed by atoms with Crippen molar-refractivity contribution < 1.29 is 8.83 Å². The van der Waals surface area contributed by atoms with Crippen LogP contribution in [0.5, 0.6) is 0 Å². The third-order valence-electron chi connectivity index (χ3n) is 10.2. The molecule has 5 heteroatoms. The fraction of sp³-hybridized carbons (Fsp3) is 0. The predicted molar refractivity (Wildman–Crippen MR) is 213 cm³/mol. The molecule has 244 valence electrons. The van der Waals surface area contributed by atoms with Crippen molar-refractivity contribution in [2.75, 3.05) is 4.90 Å². The molecule has 11 rings (SSSR count). The van der Waals surface area contributed by atoms with Gasteiger partial charge >= 0.3 is 0 Å². The molecule has 5 nitrogen and oxygen atoms in total. The van der Waals surface area contributed by atoms with Crippen molar-refractivity contribution >= 4 is 82.7 Å². The summed E-state index contributed by atoms with van der Waals surface area (Å²) in [6, 6.07) is 61.4. The average Bonchev–Trinajstić information content (AvgIpc) is 3.91. The predicted octanol–water partition coefficient (Wildman–Crippen LogP) is 13.1. The Hall–Kier alpha value is -7.11. The SMILES string of the molecule is c1ccc(-c2nc3c(N(c4ccc5oc6ccccc6c5c4)c4ccc5c(c4)c4ccccc4n5-c4ccccc4)cc4ccccc4c3o2)cc1. The van der Waals surface area contributed by atoms with Crippen LogP contribution in [0.2, 0.25) is 0 Å². The zero-order valence-electron chi connectivity index (χ0n) is 27.9. The fourth-order valence-electron chi connectivity index (χ4n) is 7.83. The van der Waals surface area contributed by atoms with Gasteiger partial charge in [0.1, 0.15) is 16.7 Å². The molecule has 0 aliphatic carbocycles. The summed E-state index contributed by atoms with van der Waals surface area (Å²) in [7, 11) is 0. The Bertz CT molecular complexity index is 3140. The minimum atomic E-state index is 0.589. The van der Waals surface area contributed by atoms with Gasteiger partial charge in [0.25, 0.3) is 0 Å². The summed E-state index contributed by atoms with van der Waals surface area (Å²) in [6.45, 7) is 0. The number of aromatic nitrogens is 2. The highest BCUT2D eigenvalue weighted by Gasteiger charge is 2.24. The van der Waals surface area contributed by atoms with E-state index in [1.807, 2.05) is 42.5 Å². The van der Waals surface area contributed by atoms with Gasteiger partial charge in [-0.1, -0.05) is 97.1 Å². The molecule has 0 atom stereocenters. The quantitative estimate of drug-likeness (QED) is 0.183. The topological polar surface area (TPSA) is 47.3 Å². The van der Waals surface area contributed by atoms with E-state index in [-0.39, 0.29) is 0 Å². The number of hydrogen-bond acceptors (Lipinski definition) is 4. The number of anilines is 3. The zero-order valence-corrected chi connectivity index (χ0v) is 27.9. The maximum Gasteiger partial charge on any atom is 0.227 e. The lowest BCUT2D eigenvalue weighted by Crippen LogP contribution is -2.10. The molecule has 0 saturated carbocycles. The average molecular weight is 668 g/mol. The third-order valence-corrected chi connectivity index (χ3v) is 10.2. The monoisotopic (exact) mass is 667 g/mol. The molecule has 0 radical (unpaired) electrons. The van der Waals surface area contributed by atoms with Crippen molar-refractivity contribution in [1.82, 2.24) is 9.55 Å². The summed E-state index contributed by atoms with van der Waals surface area (Å²) in [4.78, 5) is 7.55. The molecule has 11 aromatic rings. The lowest BCUT2D eigenvalue weighted by molar-refractivity contribution is 0.623. The van der Waals surface area contributed by atoms with E-state index in [0.29, 0.717) is 5.89 Å². The van der Waals surface area contributed by atoms with Gasteiger partial charge in [0.15, 0.2) is 5.58 Å². The van der Waals surface area contributed by atoms with Crippen LogP contribution in [0.3, 0.4) is 0 Å². The zero-order chi connectivity index (χ0) is 34.2. The standard InChI is InChI=1S/C47H29N3O2/c1-3-13-30(14-4-1)47-48-45-42(27-31-15-7-8-18-35(31)46(45)52-47)49(34-24-26-44-39(29-34)37-20-10-12-22-43(37)51-44)33-23-25-41-38(28-33)36-19-9-11-21-40(36)50(41)32-16-5-2-6-17-32/h1-29H. The van der Waals surface area contributed by atoms with Gasteiger partial charge in [-0.3, -0.25) is 0 Å². The Morgan fingerprint density at radius 3 is 1.94 bits per heavy atom. The van der Waals surface area contributed by atoms with E-state index in [1.165, 1.54) is 10.8 Å². The molecule has 0 unspecified atom stereocenters. The van der Waals surface area contributed by atoms with Crippen LogP contribution in [0.15, 0.2) is 185 Å². The second kappa shape index (κ2) is 11.2. The molecule has 3 heterocycles. The number of rotatable bonds is 5. The number of nitrogens with zero attached hydrogens (tertiary/aromatic N) is 3. The molecule has 0 N–H and O–H groups in total. The summed E-state index contributed by atoms with van der Waals surface area (Å²) < 4.78 is 15.3. The normalized spacial score (nSPS) is 11.8. The van der Waals surface area contributed by atoms with E-state index in [9.17, 15) is 0 Å². The first-order valence-corrected chi connectivity index (χ1v) is 17.5. The van der Waals surface area contributed by atoms with E-state index in [1.54, 1.807) is 0 Å². The Morgan fingerprint density at radius 2 is 1.10 bits per heavy atom. The van der Waals surface area contributed by atoms with Crippen LogP contribution in [0.25, 0.3) is 82.8 Å². The summed E-state index contributed by atoms with van der Waals surface area (Å²) in [5, 5.41) is 6.59. The molecule has 3 aromatic heterocycles. The number of furan rings is 1. The summed E-state index contributed by atoms with van der Waals surface area (Å²) in [5.74, 6) is 0.589. The van der Waals surface area contributed by atoms with Crippen molar-refractivity contribution in [2.24, 2.45) is 0 Å². The summed E-state index contributed by atoms with van der Waals surface area (Å²) >= 11 is 0. The molecule has 0 amide bonds. The number of hydrogen-bond donors (Lipinski definition) is 0. The van der Waals surface area contributed by atoms with Crippen molar-refractivity contribution in [2.45, 2.75) is 0 Å². The van der Waals surface area contributed by atoms with Crippen LogP contribution in [-0.4, -0.2) is 9.55 Å². The van der Waals surface area contributed by atoms with E-state index in [4.69, 9.17) is 13.8 Å². The van der Waals surface area contributed by atoms with E-state index in [2.05, 4.69) is 143 Å². The highest BCUT2D eigenvalue weighted by atomic mass is 16.3. The van der Waals surface area contributed by atoms with Gasteiger partial charge < -0.3 is 18.3 Å². The molecule has 0 fully saturated rings. The first-order valence-electron chi connectivity index (χ1n) is 17.5. The highest BCUT2D eigenvalue weighted by molar-refractivity contribution is 6.14. The number of oxazole rings is 1. The molecule has 8 aromatic carbocycles. The van der Waals surface area contributed by atoms with Crippen LogP contribution in [0.1, 0.15) is 0 Å². The Kier molecular flexibility index (Phi) is 6.18. The summed E-state index contributed by atoms with van der Waals surface area (Å²) in [5.41, 5.74) is 10.6. The van der Waals surface area contributed by atoms with Gasteiger partial charge in [-0.15, -0.1) is 0 Å². The maximum absolute atomic E-state index is 6.67. The van der Waals surface area contributed by atoms with Gasteiger partial charge in [0, 0.05) is 49.6 Å². The fourth-order valence-corrected chi connectivity index (χ4v) is 7.83. The summed E-state index contributed by atoms with van der Waals surface area (Å²) in [6.07, 6.45) is 0. The van der Waals surface area contributed by atoms with Crippen LogP contribution in [-0.2, 0) is 0 Å². The maximum atomic E-state index is 6.67. The second-order valence-electron chi connectivity index (χ2n) is 13.2. The van der Waals surface area contributed by atoms with E-state index in [0.717, 1.165) is 83.2 Å². The first-order chi connectivity index (χ1) is 25.8. The van der Waals surface area contributed by atoms with Crippen molar-refractivity contribution in [3.05, 3.63) is 176 Å². The Balaban J connectivity index is 1.23. The highest BCUT2D eigenvalue weighted by Crippen LogP contribution is 2.46. The number of fused-ring (bicyclic) bond motifs is 9. The lowest BCUT2D eigenvalue weighted by atomic mass is 10.0. The first kappa shape index (κ1) is 28.7. The minimum absolute atomic E-state index is 0.589. The molecule has 0 aliphatic heterocycles. The lowest BCUT2D eigenvalue weighted by Gasteiger charge is -2.26. The molecule has 0 bridgehead atoms. The number of para-hydroxylation sites is 3. The van der Waals surface area contributed by atoms with Crippen molar-refractivity contribution in [1.29, 1.82) is 0 Å².